The lowest BCUT2D eigenvalue weighted by atomic mass is 10.0. The van der Waals surface area contributed by atoms with E-state index in [1.165, 1.54) is 16.3 Å². The molecule has 0 spiro atoms. The second-order valence-electron chi connectivity index (χ2n) is 5.49. The van der Waals surface area contributed by atoms with E-state index in [4.69, 9.17) is 0 Å². The van der Waals surface area contributed by atoms with Crippen molar-refractivity contribution in [3.05, 3.63) is 66.2 Å². The van der Waals surface area contributed by atoms with Crippen molar-refractivity contribution in [1.82, 2.24) is 14.9 Å². The second kappa shape index (κ2) is 6.10. The Balaban J connectivity index is 1.63. The summed E-state index contributed by atoms with van der Waals surface area (Å²) in [5, 5.41) is 6.17. The van der Waals surface area contributed by atoms with Gasteiger partial charge in [0.05, 0.1) is 0 Å². The zero-order valence-electron chi connectivity index (χ0n) is 12.6. The van der Waals surface area contributed by atoms with Gasteiger partial charge in [0.1, 0.15) is 5.82 Å². The third-order valence-corrected chi connectivity index (χ3v) is 3.99. The van der Waals surface area contributed by atoms with E-state index in [1.54, 1.807) is 0 Å². The molecule has 2 aromatic carbocycles. The van der Waals surface area contributed by atoms with E-state index >= 15 is 0 Å². The summed E-state index contributed by atoms with van der Waals surface area (Å²) in [6.07, 6.45) is 4.78. The Hall–Kier alpha value is -2.13. The van der Waals surface area contributed by atoms with Crippen LogP contribution < -0.4 is 5.32 Å². The van der Waals surface area contributed by atoms with Crippen LogP contribution in [0.4, 0.5) is 0 Å². The number of hydrogen-bond acceptors (Lipinski definition) is 2. The van der Waals surface area contributed by atoms with Gasteiger partial charge in [0, 0.05) is 38.4 Å². The number of hydrogen-bond donors (Lipinski definition) is 1. The first-order chi connectivity index (χ1) is 10.2. The number of nitrogens with zero attached hydrogens (tertiary/aromatic N) is 2. The number of nitrogens with one attached hydrogen (secondary N) is 1. The quantitative estimate of drug-likeness (QED) is 0.775. The molecule has 0 fully saturated rings. The van der Waals surface area contributed by atoms with Gasteiger partial charge in [-0.15, -0.1) is 0 Å². The largest absolute Gasteiger partial charge is 0.338 e. The summed E-state index contributed by atoms with van der Waals surface area (Å²) in [6.45, 7) is 3.14. The number of aryl methyl sites for hydroxylation is 1. The molecule has 1 aromatic heterocycles. The van der Waals surface area contributed by atoms with E-state index in [1.807, 2.05) is 19.4 Å². The van der Waals surface area contributed by atoms with Crippen LogP contribution >= 0.6 is 0 Å². The summed E-state index contributed by atoms with van der Waals surface area (Å²) in [5.41, 5.74) is 1.33. The molecule has 3 heteroatoms. The van der Waals surface area contributed by atoms with Crippen LogP contribution in [0.25, 0.3) is 10.8 Å². The molecule has 1 N–H and O–H groups in total. The van der Waals surface area contributed by atoms with Crippen LogP contribution in [-0.4, -0.2) is 16.1 Å². The van der Waals surface area contributed by atoms with Gasteiger partial charge < -0.3 is 9.88 Å². The van der Waals surface area contributed by atoms with Gasteiger partial charge in [0.15, 0.2) is 0 Å². The molecule has 108 valence electrons. The summed E-state index contributed by atoms with van der Waals surface area (Å²) in [7, 11) is 2.04. The van der Waals surface area contributed by atoms with Gasteiger partial charge in [0.25, 0.3) is 0 Å². The van der Waals surface area contributed by atoms with Crippen molar-refractivity contribution in [3.8, 4) is 0 Å². The lowest BCUT2D eigenvalue weighted by molar-refractivity contribution is 0.565. The first-order valence-corrected chi connectivity index (χ1v) is 7.42. The zero-order chi connectivity index (χ0) is 14.7. The van der Waals surface area contributed by atoms with Crippen molar-refractivity contribution in [1.29, 1.82) is 0 Å². The molecule has 0 amide bonds. The van der Waals surface area contributed by atoms with Gasteiger partial charge in [-0.05, 0) is 29.3 Å². The molecule has 3 aromatic rings. The molecule has 0 aliphatic carbocycles. The Morgan fingerprint density at radius 3 is 2.71 bits per heavy atom. The van der Waals surface area contributed by atoms with Gasteiger partial charge >= 0.3 is 0 Å². The molecule has 1 unspecified atom stereocenters. The molecule has 3 rings (SSSR count). The SMILES string of the molecule is CC(NCCc1nccn1C)c1ccc2ccccc2c1. The molecule has 0 radical (unpaired) electrons. The number of rotatable bonds is 5. The van der Waals surface area contributed by atoms with Crippen LogP contribution in [0.5, 0.6) is 0 Å². The summed E-state index contributed by atoms with van der Waals surface area (Å²) in [4.78, 5) is 4.35. The Morgan fingerprint density at radius 2 is 1.95 bits per heavy atom. The molecule has 0 aliphatic rings. The predicted molar refractivity (Wildman–Crippen MR) is 87.3 cm³/mol. The molecule has 21 heavy (non-hydrogen) atoms. The molecule has 3 nitrogen and oxygen atoms in total. The third-order valence-electron chi connectivity index (χ3n) is 3.99. The van der Waals surface area contributed by atoms with Crippen molar-refractivity contribution >= 4 is 10.8 Å². The van der Waals surface area contributed by atoms with E-state index < -0.39 is 0 Å². The fourth-order valence-corrected chi connectivity index (χ4v) is 2.63. The highest BCUT2D eigenvalue weighted by Crippen LogP contribution is 2.20. The third kappa shape index (κ3) is 3.14. The van der Waals surface area contributed by atoms with Crippen molar-refractivity contribution in [3.63, 3.8) is 0 Å². The first kappa shape index (κ1) is 13.8. The Morgan fingerprint density at radius 1 is 1.14 bits per heavy atom. The topological polar surface area (TPSA) is 29.9 Å². The minimum atomic E-state index is 0.342. The number of fused-ring (bicyclic) bond motifs is 1. The molecule has 0 aliphatic heterocycles. The van der Waals surface area contributed by atoms with E-state index in [0.717, 1.165) is 18.8 Å². The first-order valence-electron chi connectivity index (χ1n) is 7.42. The lowest BCUT2D eigenvalue weighted by Crippen LogP contribution is -2.22. The average Bonchev–Trinajstić information content (AvgIpc) is 2.92. The van der Waals surface area contributed by atoms with Gasteiger partial charge in [-0.1, -0.05) is 36.4 Å². The maximum Gasteiger partial charge on any atom is 0.109 e. The Labute approximate surface area is 125 Å². The van der Waals surface area contributed by atoms with Crippen LogP contribution in [-0.2, 0) is 13.5 Å². The monoisotopic (exact) mass is 279 g/mol. The van der Waals surface area contributed by atoms with Crippen LogP contribution in [0.15, 0.2) is 54.9 Å². The number of aromatic nitrogens is 2. The minimum Gasteiger partial charge on any atom is -0.338 e. The Bertz CT molecular complexity index is 730. The molecule has 0 bridgehead atoms. The number of benzene rings is 2. The highest BCUT2D eigenvalue weighted by atomic mass is 15.0. The minimum absolute atomic E-state index is 0.342. The fourth-order valence-electron chi connectivity index (χ4n) is 2.63. The predicted octanol–water partition coefficient (Wildman–Crippen LogP) is 3.47. The molecule has 1 heterocycles. The maximum absolute atomic E-state index is 4.35. The molecular weight excluding hydrogens is 258 g/mol. The molecule has 1 atom stereocenters. The molecule has 0 saturated heterocycles. The average molecular weight is 279 g/mol. The maximum atomic E-state index is 4.35. The van der Waals surface area contributed by atoms with E-state index in [9.17, 15) is 0 Å². The van der Waals surface area contributed by atoms with Gasteiger partial charge in [-0.2, -0.15) is 0 Å². The summed E-state index contributed by atoms with van der Waals surface area (Å²) in [6, 6.07) is 15.5. The van der Waals surface area contributed by atoms with E-state index in [2.05, 4.69) is 64.3 Å². The van der Waals surface area contributed by atoms with Crippen LogP contribution in [0.2, 0.25) is 0 Å². The van der Waals surface area contributed by atoms with Gasteiger partial charge in [-0.3, -0.25) is 0 Å². The zero-order valence-corrected chi connectivity index (χ0v) is 12.6. The van der Waals surface area contributed by atoms with Gasteiger partial charge in [-0.25, -0.2) is 4.98 Å². The molecular formula is C18H21N3. The fraction of sp³-hybridized carbons (Fsp3) is 0.278. The van der Waals surface area contributed by atoms with Crippen LogP contribution in [0.3, 0.4) is 0 Å². The standard InChI is InChI=1S/C18H21N3/c1-14(19-10-9-18-20-11-12-21(18)2)16-8-7-15-5-3-4-6-17(15)13-16/h3-8,11-14,19H,9-10H2,1-2H3. The van der Waals surface area contributed by atoms with Crippen molar-refractivity contribution in [2.24, 2.45) is 7.05 Å². The summed E-state index contributed by atoms with van der Waals surface area (Å²) in [5.74, 6) is 1.12. The van der Waals surface area contributed by atoms with Crippen LogP contribution in [0, 0.1) is 0 Å². The van der Waals surface area contributed by atoms with E-state index in [-0.39, 0.29) is 0 Å². The van der Waals surface area contributed by atoms with Crippen LogP contribution in [0.1, 0.15) is 24.4 Å². The molecule has 0 saturated carbocycles. The lowest BCUT2D eigenvalue weighted by Gasteiger charge is -2.15. The second-order valence-corrected chi connectivity index (χ2v) is 5.49. The Kier molecular flexibility index (Phi) is 4.02. The van der Waals surface area contributed by atoms with Gasteiger partial charge in [0.2, 0.25) is 0 Å². The highest BCUT2D eigenvalue weighted by Gasteiger charge is 2.06. The smallest absolute Gasteiger partial charge is 0.109 e. The normalized spacial score (nSPS) is 12.7. The summed E-state index contributed by atoms with van der Waals surface area (Å²) < 4.78 is 2.07. The summed E-state index contributed by atoms with van der Waals surface area (Å²) >= 11 is 0. The van der Waals surface area contributed by atoms with Crippen molar-refractivity contribution < 1.29 is 0 Å². The highest BCUT2D eigenvalue weighted by molar-refractivity contribution is 5.83. The van der Waals surface area contributed by atoms with Crippen molar-refractivity contribution in [2.45, 2.75) is 19.4 Å². The van der Waals surface area contributed by atoms with E-state index in [0.29, 0.717) is 6.04 Å². The van der Waals surface area contributed by atoms with Crippen molar-refractivity contribution in [2.75, 3.05) is 6.54 Å². The number of imidazole rings is 1.